The van der Waals surface area contributed by atoms with Crippen LogP contribution in [0.2, 0.25) is 0 Å². The van der Waals surface area contributed by atoms with Gasteiger partial charge in [-0.1, -0.05) is 48.5 Å². The van der Waals surface area contributed by atoms with E-state index in [2.05, 4.69) is 0 Å². The van der Waals surface area contributed by atoms with Gasteiger partial charge in [-0.3, -0.25) is 0 Å². The predicted octanol–water partition coefficient (Wildman–Crippen LogP) is 4.79. The number of aromatic nitrogens is 1. The zero-order chi connectivity index (χ0) is 19.7. The summed E-state index contributed by atoms with van der Waals surface area (Å²) in [6.07, 6.45) is 0.646. The molecule has 0 aliphatic carbocycles. The number of para-hydroxylation sites is 1. The molecule has 0 spiro atoms. The first-order valence-corrected chi connectivity index (χ1v) is 10.5. The van der Waals surface area contributed by atoms with Gasteiger partial charge >= 0.3 is 0 Å². The van der Waals surface area contributed by atoms with Gasteiger partial charge in [0.25, 0.3) is 10.0 Å². The van der Waals surface area contributed by atoms with Crippen LogP contribution in [0.4, 0.5) is 0 Å². The molecule has 0 saturated heterocycles. The lowest BCUT2D eigenvalue weighted by molar-refractivity contribution is 0.414. The zero-order valence-corrected chi connectivity index (χ0v) is 16.6. The molecule has 1 heterocycles. The molecule has 1 aromatic heterocycles. The molecule has 0 atom stereocenters. The van der Waals surface area contributed by atoms with Crippen molar-refractivity contribution < 1.29 is 13.2 Å². The minimum Gasteiger partial charge on any atom is -0.497 e. The van der Waals surface area contributed by atoms with E-state index in [9.17, 15) is 8.42 Å². The monoisotopic (exact) mass is 391 g/mol. The maximum atomic E-state index is 13.4. The van der Waals surface area contributed by atoms with Crippen molar-refractivity contribution >= 4 is 20.9 Å². The van der Waals surface area contributed by atoms with Crippen LogP contribution in [0.25, 0.3) is 10.9 Å². The average Bonchev–Trinajstić information content (AvgIpc) is 3.01. The molecule has 28 heavy (non-hydrogen) atoms. The van der Waals surface area contributed by atoms with Crippen LogP contribution >= 0.6 is 0 Å². The van der Waals surface area contributed by atoms with Gasteiger partial charge < -0.3 is 4.74 Å². The number of methoxy groups -OCH3 is 1. The van der Waals surface area contributed by atoms with E-state index in [1.54, 1.807) is 31.4 Å². The van der Waals surface area contributed by atoms with Crippen molar-refractivity contribution in [1.82, 2.24) is 3.97 Å². The molecule has 0 bridgehead atoms. The number of hydrogen-bond donors (Lipinski definition) is 0. The van der Waals surface area contributed by atoms with Crippen LogP contribution in [-0.2, 0) is 16.4 Å². The molecule has 4 rings (SSSR count). The average molecular weight is 391 g/mol. The molecular formula is C23H21NO3S. The predicted molar refractivity (Wildman–Crippen MR) is 112 cm³/mol. The SMILES string of the molecule is COc1ccc(Cc2c(C)n(S(=O)(=O)c3ccccc3)c3ccccc23)cc1. The van der Waals surface area contributed by atoms with Gasteiger partial charge in [-0.15, -0.1) is 0 Å². The fourth-order valence-corrected chi connectivity index (χ4v) is 5.18. The molecule has 0 amide bonds. The minimum absolute atomic E-state index is 0.287. The van der Waals surface area contributed by atoms with E-state index in [1.807, 2.05) is 61.5 Å². The van der Waals surface area contributed by atoms with Crippen molar-refractivity contribution in [2.75, 3.05) is 7.11 Å². The molecule has 0 saturated carbocycles. The quantitative estimate of drug-likeness (QED) is 0.492. The van der Waals surface area contributed by atoms with Gasteiger partial charge in [0.15, 0.2) is 0 Å². The van der Waals surface area contributed by atoms with Crippen molar-refractivity contribution in [2.24, 2.45) is 0 Å². The number of hydrogen-bond acceptors (Lipinski definition) is 3. The molecule has 0 N–H and O–H groups in total. The number of nitrogens with zero attached hydrogens (tertiary/aromatic N) is 1. The van der Waals surface area contributed by atoms with E-state index in [-0.39, 0.29) is 4.90 Å². The molecular weight excluding hydrogens is 370 g/mol. The summed E-state index contributed by atoms with van der Waals surface area (Å²) in [4.78, 5) is 0.287. The van der Waals surface area contributed by atoms with Gasteiger partial charge in [0.05, 0.1) is 17.5 Å². The Morgan fingerprint density at radius 1 is 0.857 bits per heavy atom. The molecule has 0 aliphatic rings. The highest BCUT2D eigenvalue weighted by Crippen LogP contribution is 2.31. The maximum absolute atomic E-state index is 13.4. The van der Waals surface area contributed by atoms with Crippen molar-refractivity contribution in [3.63, 3.8) is 0 Å². The topological polar surface area (TPSA) is 48.3 Å². The Morgan fingerprint density at radius 2 is 1.50 bits per heavy atom. The molecule has 4 nitrogen and oxygen atoms in total. The van der Waals surface area contributed by atoms with Crippen LogP contribution in [0, 0.1) is 6.92 Å². The second-order valence-electron chi connectivity index (χ2n) is 6.69. The van der Waals surface area contributed by atoms with Crippen LogP contribution in [0.1, 0.15) is 16.8 Å². The summed E-state index contributed by atoms with van der Waals surface area (Å²) in [5, 5.41) is 0.954. The zero-order valence-electron chi connectivity index (χ0n) is 15.8. The lowest BCUT2D eigenvalue weighted by atomic mass is 10.0. The van der Waals surface area contributed by atoms with Gasteiger partial charge in [0.2, 0.25) is 0 Å². The third kappa shape index (κ3) is 3.08. The lowest BCUT2D eigenvalue weighted by Gasteiger charge is -2.10. The molecule has 0 radical (unpaired) electrons. The second-order valence-corrected chi connectivity index (χ2v) is 8.48. The van der Waals surface area contributed by atoms with Crippen LogP contribution in [0.15, 0.2) is 83.8 Å². The third-order valence-electron chi connectivity index (χ3n) is 5.01. The van der Waals surface area contributed by atoms with Crippen LogP contribution in [-0.4, -0.2) is 19.5 Å². The Kier molecular flexibility index (Phi) is 4.69. The normalized spacial score (nSPS) is 11.6. The minimum atomic E-state index is -3.68. The standard InChI is InChI=1S/C23H21NO3S/c1-17-22(16-18-12-14-19(27-2)15-13-18)21-10-6-7-11-23(21)24(17)28(25,26)20-8-4-3-5-9-20/h3-15H,16H2,1-2H3. The fourth-order valence-electron chi connectivity index (χ4n) is 3.58. The van der Waals surface area contributed by atoms with Crippen LogP contribution in [0.3, 0.4) is 0 Å². The Labute approximate surface area is 165 Å². The van der Waals surface area contributed by atoms with Gasteiger partial charge in [0.1, 0.15) is 5.75 Å². The van der Waals surface area contributed by atoms with Gasteiger partial charge in [-0.25, -0.2) is 12.4 Å². The number of rotatable bonds is 5. The van der Waals surface area contributed by atoms with E-state index in [1.165, 1.54) is 3.97 Å². The fraction of sp³-hybridized carbons (Fsp3) is 0.130. The van der Waals surface area contributed by atoms with E-state index < -0.39 is 10.0 Å². The first-order valence-electron chi connectivity index (χ1n) is 9.05. The van der Waals surface area contributed by atoms with Crippen molar-refractivity contribution in [1.29, 1.82) is 0 Å². The summed E-state index contributed by atoms with van der Waals surface area (Å²) in [6, 6.07) is 24.1. The molecule has 4 aromatic rings. The molecule has 0 unspecified atom stereocenters. The Balaban J connectivity index is 1.88. The third-order valence-corrected chi connectivity index (χ3v) is 6.83. The van der Waals surface area contributed by atoms with E-state index in [4.69, 9.17) is 4.74 Å². The van der Waals surface area contributed by atoms with E-state index in [0.29, 0.717) is 11.9 Å². The summed E-state index contributed by atoms with van der Waals surface area (Å²) >= 11 is 0. The summed E-state index contributed by atoms with van der Waals surface area (Å²) in [5.41, 5.74) is 3.55. The molecule has 0 fully saturated rings. The first-order chi connectivity index (χ1) is 13.5. The molecule has 3 aromatic carbocycles. The smallest absolute Gasteiger partial charge is 0.268 e. The Bertz CT molecular complexity index is 1220. The van der Waals surface area contributed by atoms with Crippen LogP contribution < -0.4 is 4.74 Å². The number of benzene rings is 3. The van der Waals surface area contributed by atoms with Crippen LogP contribution in [0.5, 0.6) is 5.75 Å². The second kappa shape index (κ2) is 7.17. The van der Waals surface area contributed by atoms with Crippen molar-refractivity contribution in [3.05, 3.63) is 95.7 Å². The van der Waals surface area contributed by atoms with Crippen molar-refractivity contribution in [2.45, 2.75) is 18.2 Å². The van der Waals surface area contributed by atoms with Gasteiger partial charge in [-0.2, -0.15) is 0 Å². The lowest BCUT2D eigenvalue weighted by Crippen LogP contribution is -2.14. The van der Waals surface area contributed by atoms with Crippen molar-refractivity contribution in [3.8, 4) is 5.75 Å². The summed E-state index contributed by atoms with van der Waals surface area (Å²) in [5.74, 6) is 0.801. The molecule has 5 heteroatoms. The summed E-state index contributed by atoms with van der Waals surface area (Å²) in [6.45, 7) is 1.87. The number of fused-ring (bicyclic) bond motifs is 1. The largest absolute Gasteiger partial charge is 0.497 e. The first kappa shape index (κ1) is 18.3. The van der Waals surface area contributed by atoms with Gasteiger partial charge in [0, 0.05) is 11.1 Å². The number of ether oxygens (including phenoxy) is 1. The summed E-state index contributed by atoms with van der Waals surface area (Å²) in [7, 11) is -2.04. The van der Waals surface area contributed by atoms with E-state index in [0.717, 1.165) is 28.0 Å². The highest BCUT2D eigenvalue weighted by atomic mass is 32.2. The highest BCUT2D eigenvalue weighted by molar-refractivity contribution is 7.90. The highest BCUT2D eigenvalue weighted by Gasteiger charge is 2.24. The van der Waals surface area contributed by atoms with E-state index >= 15 is 0 Å². The molecule has 142 valence electrons. The van der Waals surface area contributed by atoms with Gasteiger partial charge in [-0.05, 0) is 54.8 Å². The Hall–Kier alpha value is -3.05. The summed E-state index contributed by atoms with van der Waals surface area (Å²) < 4.78 is 33.4. The molecule has 0 aliphatic heterocycles. The maximum Gasteiger partial charge on any atom is 0.268 e. The Morgan fingerprint density at radius 3 is 2.18 bits per heavy atom.